The molecule has 0 bridgehead atoms. The van der Waals surface area contributed by atoms with Gasteiger partial charge in [0.1, 0.15) is 0 Å². The van der Waals surface area contributed by atoms with Crippen molar-refractivity contribution < 1.29 is 4.52 Å². The Balaban J connectivity index is 2.24. The molecule has 2 aromatic rings. The van der Waals surface area contributed by atoms with Crippen LogP contribution in [0.3, 0.4) is 0 Å². The molecular weight excluding hydrogens is 238 g/mol. The summed E-state index contributed by atoms with van der Waals surface area (Å²) in [6.45, 7) is 3.98. The Morgan fingerprint density at radius 2 is 1.88 bits per heavy atom. The minimum atomic E-state index is -0.386. The molecule has 17 heavy (non-hydrogen) atoms. The molecule has 0 fully saturated rings. The van der Waals surface area contributed by atoms with Gasteiger partial charge < -0.3 is 10.3 Å². The van der Waals surface area contributed by atoms with Crippen molar-refractivity contribution in [2.24, 2.45) is 5.73 Å². The van der Waals surface area contributed by atoms with Crippen LogP contribution in [0.15, 0.2) is 28.8 Å². The minimum absolute atomic E-state index is 0.202. The number of hydrogen-bond acceptors (Lipinski definition) is 4. The molecule has 1 aromatic heterocycles. The highest BCUT2D eigenvalue weighted by Gasteiger charge is 2.17. The second-order valence-corrected chi connectivity index (χ2v) is 4.61. The summed E-state index contributed by atoms with van der Waals surface area (Å²) in [6.07, 6.45) is 0. The van der Waals surface area contributed by atoms with Gasteiger partial charge >= 0.3 is 0 Å². The van der Waals surface area contributed by atoms with Crippen molar-refractivity contribution in [3.63, 3.8) is 0 Å². The van der Waals surface area contributed by atoms with E-state index < -0.39 is 0 Å². The van der Waals surface area contributed by atoms with Crippen LogP contribution in [0.2, 0.25) is 5.02 Å². The fourth-order valence-electron chi connectivity index (χ4n) is 1.43. The highest BCUT2D eigenvalue weighted by Crippen LogP contribution is 2.21. The Kier molecular flexibility index (Phi) is 3.45. The fraction of sp³-hybridized carbons (Fsp3) is 0.333. The van der Waals surface area contributed by atoms with Crippen LogP contribution in [0.4, 0.5) is 0 Å². The van der Waals surface area contributed by atoms with Gasteiger partial charge in [-0.25, -0.2) is 0 Å². The average molecular weight is 252 g/mol. The van der Waals surface area contributed by atoms with Crippen LogP contribution >= 0.6 is 11.6 Å². The van der Waals surface area contributed by atoms with Crippen LogP contribution in [0.1, 0.15) is 43.1 Å². The van der Waals surface area contributed by atoms with E-state index in [1.165, 1.54) is 0 Å². The molecule has 1 atom stereocenters. The normalized spacial score (nSPS) is 13.0. The lowest BCUT2D eigenvalue weighted by molar-refractivity contribution is 0.359. The number of nitrogens with two attached hydrogens (primary N) is 1. The lowest BCUT2D eigenvalue weighted by atomic mass is 10.1. The molecule has 0 saturated carbocycles. The molecule has 0 saturated heterocycles. The molecule has 5 heteroatoms. The molecule has 0 aliphatic carbocycles. The molecule has 4 nitrogen and oxygen atoms in total. The van der Waals surface area contributed by atoms with Crippen LogP contribution in [-0.4, -0.2) is 10.1 Å². The monoisotopic (exact) mass is 251 g/mol. The van der Waals surface area contributed by atoms with Crippen LogP contribution in [0.5, 0.6) is 0 Å². The van der Waals surface area contributed by atoms with Gasteiger partial charge in [-0.15, -0.1) is 0 Å². The van der Waals surface area contributed by atoms with E-state index in [9.17, 15) is 0 Å². The van der Waals surface area contributed by atoms with Gasteiger partial charge in [0.2, 0.25) is 5.89 Å². The zero-order valence-electron chi connectivity index (χ0n) is 9.72. The van der Waals surface area contributed by atoms with Gasteiger partial charge in [-0.1, -0.05) is 42.7 Å². The van der Waals surface area contributed by atoms with E-state index in [1.807, 2.05) is 26.0 Å². The second kappa shape index (κ2) is 4.85. The van der Waals surface area contributed by atoms with Crippen molar-refractivity contribution >= 4 is 11.6 Å². The molecule has 0 radical (unpaired) electrons. The Hall–Kier alpha value is -1.39. The van der Waals surface area contributed by atoms with Crippen LogP contribution in [0, 0.1) is 0 Å². The predicted molar refractivity (Wildman–Crippen MR) is 65.9 cm³/mol. The number of benzene rings is 1. The molecule has 0 aliphatic heterocycles. The highest BCUT2D eigenvalue weighted by atomic mass is 35.5. The maximum atomic E-state index is 6.05. The van der Waals surface area contributed by atoms with E-state index >= 15 is 0 Å². The molecule has 0 spiro atoms. The first-order valence-corrected chi connectivity index (χ1v) is 5.80. The van der Waals surface area contributed by atoms with Crippen LogP contribution < -0.4 is 5.73 Å². The maximum Gasteiger partial charge on any atom is 0.229 e. The zero-order chi connectivity index (χ0) is 12.4. The summed E-state index contributed by atoms with van der Waals surface area (Å²) >= 11 is 5.82. The lowest BCUT2D eigenvalue weighted by Crippen LogP contribution is -2.13. The van der Waals surface area contributed by atoms with Gasteiger partial charge in [0.15, 0.2) is 5.82 Å². The number of rotatable bonds is 3. The van der Waals surface area contributed by atoms with Crippen molar-refractivity contribution in [3.05, 3.63) is 46.6 Å². The van der Waals surface area contributed by atoms with Crippen molar-refractivity contribution in [2.45, 2.75) is 25.8 Å². The SMILES string of the molecule is CC(C)c1nc(C(N)c2ccc(Cl)cc2)no1. The third kappa shape index (κ3) is 2.65. The Labute approximate surface area is 105 Å². The first-order valence-electron chi connectivity index (χ1n) is 5.42. The zero-order valence-corrected chi connectivity index (χ0v) is 10.5. The smallest absolute Gasteiger partial charge is 0.229 e. The largest absolute Gasteiger partial charge is 0.339 e. The molecule has 2 rings (SSSR count). The molecule has 1 heterocycles. The maximum absolute atomic E-state index is 6.05. The Morgan fingerprint density at radius 3 is 2.41 bits per heavy atom. The fourth-order valence-corrected chi connectivity index (χ4v) is 1.55. The quantitative estimate of drug-likeness (QED) is 0.911. The summed E-state index contributed by atoms with van der Waals surface area (Å²) in [5.74, 6) is 1.30. The summed E-state index contributed by atoms with van der Waals surface area (Å²) in [5.41, 5.74) is 6.96. The molecule has 0 amide bonds. The second-order valence-electron chi connectivity index (χ2n) is 4.17. The van der Waals surface area contributed by atoms with Gasteiger partial charge in [0.25, 0.3) is 0 Å². The summed E-state index contributed by atoms with van der Waals surface area (Å²) in [5, 5.41) is 4.57. The minimum Gasteiger partial charge on any atom is -0.339 e. The molecule has 0 aliphatic rings. The lowest BCUT2D eigenvalue weighted by Gasteiger charge is -2.06. The van der Waals surface area contributed by atoms with Crippen molar-refractivity contribution in [3.8, 4) is 0 Å². The van der Waals surface area contributed by atoms with E-state index in [0.29, 0.717) is 16.7 Å². The molecule has 1 aromatic carbocycles. The summed E-state index contributed by atoms with van der Waals surface area (Å²) < 4.78 is 5.13. The van der Waals surface area contributed by atoms with Crippen LogP contribution in [0.25, 0.3) is 0 Å². The van der Waals surface area contributed by atoms with Gasteiger partial charge in [0.05, 0.1) is 6.04 Å². The third-order valence-corrected chi connectivity index (χ3v) is 2.71. The van der Waals surface area contributed by atoms with E-state index in [-0.39, 0.29) is 12.0 Å². The number of hydrogen-bond donors (Lipinski definition) is 1. The Morgan fingerprint density at radius 1 is 1.24 bits per heavy atom. The first-order chi connectivity index (χ1) is 8.08. The van der Waals surface area contributed by atoms with Crippen molar-refractivity contribution in [1.29, 1.82) is 0 Å². The van der Waals surface area contributed by atoms with Gasteiger partial charge in [-0.3, -0.25) is 0 Å². The molecule has 2 N–H and O–H groups in total. The third-order valence-electron chi connectivity index (χ3n) is 2.46. The summed E-state index contributed by atoms with van der Waals surface area (Å²) in [4.78, 5) is 4.27. The van der Waals surface area contributed by atoms with E-state index in [1.54, 1.807) is 12.1 Å². The summed E-state index contributed by atoms with van der Waals surface area (Å²) in [6, 6.07) is 6.92. The standard InChI is InChI=1S/C12H14ClN3O/c1-7(2)12-15-11(16-17-12)10(14)8-3-5-9(13)6-4-8/h3-7,10H,14H2,1-2H3. The molecule has 1 unspecified atom stereocenters. The van der Waals surface area contributed by atoms with Crippen molar-refractivity contribution in [2.75, 3.05) is 0 Å². The van der Waals surface area contributed by atoms with Gasteiger partial charge in [-0.05, 0) is 17.7 Å². The van der Waals surface area contributed by atoms with Gasteiger partial charge in [-0.2, -0.15) is 4.98 Å². The predicted octanol–water partition coefficient (Wildman–Crippen LogP) is 2.89. The Bertz CT molecular complexity index is 493. The topological polar surface area (TPSA) is 64.9 Å². The number of halogens is 1. The highest BCUT2D eigenvalue weighted by molar-refractivity contribution is 6.30. The first kappa shape index (κ1) is 12.1. The molecular formula is C12H14ClN3O. The summed E-state index contributed by atoms with van der Waals surface area (Å²) in [7, 11) is 0. The molecule has 90 valence electrons. The number of nitrogens with zero attached hydrogens (tertiary/aromatic N) is 2. The van der Waals surface area contributed by atoms with E-state index in [0.717, 1.165) is 5.56 Å². The average Bonchev–Trinajstić information content (AvgIpc) is 2.78. The van der Waals surface area contributed by atoms with Crippen molar-refractivity contribution in [1.82, 2.24) is 10.1 Å². The number of aromatic nitrogens is 2. The van der Waals surface area contributed by atoms with Gasteiger partial charge in [0, 0.05) is 10.9 Å². The van der Waals surface area contributed by atoms with Crippen LogP contribution in [-0.2, 0) is 0 Å². The van der Waals surface area contributed by atoms with E-state index in [2.05, 4.69) is 10.1 Å². The van der Waals surface area contributed by atoms with E-state index in [4.69, 9.17) is 21.9 Å².